The van der Waals surface area contributed by atoms with Crippen LogP contribution in [-0.4, -0.2) is 12.2 Å². The van der Waals surface area contributed by atoms with Crippen molar-refractivity contribution in [2.75, 3.05) is 7.11 Å². The Bertz CT molecular complexity index is 321. The monoisotopic (exact) mass is 312 g/mol. The molecule has 1 rings (SSSR count). The van der Waals surface area contributed by atoms with Gasteiger partial charge < -0.3 is 9.84 Å². The van der Waals surface area contributed by atoms with Gasteiger partial charge in [0.15, 0.2) is 11.5 Å². The third-order valence-electron chi connectivity index (χ3n) is 2.05. The van der Waals surface area contributed by atoms with Gasteiger partial charge in [-0.2, -0.15) is 0 Å². The van der Waals surface area contributed by atoms with Gasteiger partial charge in [0, 0.05) is 0 Å². The van der Waals surface area contributed by atoms with E-state index in [2.05, 4.69) is 0 Å². The van der Waals surface area contributed by atoms with E-state index in [0.29, 0.717) is 14.3 Å². The molecule has 13 heavy (non-hydrogen) atoms. The van der Waals surface area contributed by atoms with Gasteiger partial charge in [-0.3, -0.25) is 0 Å². The Balaban J connectivity index is 3.56. The highest BCUT2D eigenvalue weighted by Gasteiger charge is 2.16. The van der Waals surface area contributed by atoms with Gasteiger partial charge in [-0.05, 0) is 47.6 Å². The number of phenolic OH excluding ortho intramolecular Hbond substituents is 1. The van der Waals surface area contributed by atoms with Crippen LogP contribution in [0.2, 0.25) is 5.02 Å². The van der Waals surface area contributed by atoms with Crippen molar-refractivity contribution in [1.29, 1.82) is 0 Å². The molecule has 4 heteroatoms. The molecule has 0 aromatic heterocycles. The molecule has 0 saturated carbocycles. The van der Waals surface area contributed by atoms with Crippen molar-refractivity contribution in [3.63, 3.8) is 0 Å². The van der Waals surface area contributed by atoms with Gasteiger partial charge in [-0.25, -0.2) is 0 Å². The Labute approximate surface area is 96.0 Å². The Kier molecular flexibility index (Phi) is 3.29. The summed E-state index contributed by atoms with van der Waals surface area (Å²) in [6.45, 7) is 3.78. The van der Waals surface area contributed by atoms with E-state index in [1.807, 2.05) is 36.4 Å². The Morgan fingerprint density at radius 1 is 1.31 bits per heavy atom. The highest BCUT2D eigenvalue weighted by Crippen LogP contribution is 2.41. The minimum absolute atomic E-state index is 0.121. The van der Waals surface area contributed by atoms with Gasteiger partial charge in [-0.15, -0.1) is 0 Å². The average molecular weight is 313 g/mol. The van der Waals surface area contributed by atoms with Crippen LogP contribution in [0.3, 0.4) is 0 Å². The van der Waals surface area contributed by atoms with Crippen molar-refractivity contribution in [1.82, 2.24) is 0 Å². The normalized spacial score (nSPS) is 10.2. The highest BCUT2D eigenvalue weighted by atomic mass is 127. The third kappa shape index (κ3) is 1.72. The molecule has 1 N–H and O–H groups in total. The standard InChI is InChI=1S/C9H10ClIO2/c1-4-5(2)9(13-3)8(12)7(11)6(4)10/h12H,1-3H3. The number of halogens is 2. The molecule has 1 aromatic carbocycles. The third-order valence-corrected chi connectivity index (χ3v) is 3.89. The van der Waals surface area contributed by atoms with Gasteiger partial charge in [0.25, 0.3) is 0 Å². The number of aromatic hydroxyl groups is 1. The van der Waals surface area contributed by atoms with Gasteiger partial charge in [-0.1, -0.05) is 11.6 Å². The SMILES string of the molecule is COc1c(C)c(C)c(Cl)c(I)c1O. The molecule has 0 fully saturated rings. The second-order valence-electron chi connectivity index (χ2n) is 2.76. The van der Waals surface area contributed by atoms with E-state index in [4.69, 9.17) is 16.3 Å². The maximum absolute atomic E-state index is 9.67. The topological polar surface area (TPSA) is 29.5 Å². The van der Waals surface area contributed by atoms with Crippen molar-refractivity contribution in [3.8, 4) is 11.5 Å². The lowest BCUT2D eigenvalue weighted by molar-refractivity contribution is 0.368. The summed E-state index contributed by atoms with van der Waals surface area (Å²) < 4.78 is 5.72. The van der Waals surface area contributed by atoms with Crippen LogP contribution in [0, 0.1) is 17.4 Å². The van der Waals surface area contributed by atoms with E-state index in [0.717, 1.165) is 11.1 Å². The molecule has 0 radical (unpaired) electrons. The quantitative estimate of drug-likeness (QED) is 0.807. The minimum Gasteiger partial charge on any atom is -0.503 e. The van der Waals surface area contributed by atoms with E-state index in [-0.39, 0.29) is 5.75 Å². The largest absolute Gasteiger partial charge is 0.503 e. The van der Waals surface area contributed by atoms with Crippen molar-refractivity contribution in [2.45, 2.75) is 13.8 Å². The Morgan fingerprint density at radius 3 is 2.31 bits per heavy atom. The summed E-state index contributed by atoms with van der Waals surface area (Å²) in [7, 11) is 1.53. The molecule has 0 bridgehead atoms. The zero-order valence-electron chi connectivity index (χ0n) is 7.61. The highest BCUT2D eigenvalue weighted by molar-refractivity contribution is 14.1. The van der Waals surface area contributed by atoms with Crippen LogP contribution in [0.15, 0.2) is 0 Å². The molecule has 0 atom stereocenters. The lowest BCUT2D eigenvalue weighted by Gasteiger charge is -2.13. The summed E-state index contributed by atoms with van der Waals surface area (Å²) in [6.07, 6.45) is 0. The van der Waals surface area contributed by atoms with Crippen LogP contribution in [0.4, 0.5) is 0 Å². The molecule has 0 amide bonds. The number of ether oxygens (including phenoxy) is 1. The lowest BCUT2D eigenvalue weighted by atomic mass is 10.1. The predicted octanol–water partition coefficient (Wildman–Crippen LogP) is 3.28. The molecule has 0 unspecified atom stereocenters. The molecule has 0 aliphatic heterocycles. The number of methoxy groups -OCH3 is 1. The first-order chi connectivity index (χ1) is 6.00. The number of hydrogen-bond donors (Lipinski definition) is 1. The summed E-state index contributed by atoms with van der Waals surface area (Å²) in [5.41, 5.74) is 1.83. The van der Waals surface area contributed by atoms with Gasteiger partial charge in [0.2, 0.25) is 0 Å². The first kappa shape index (κ1) is 10.9. The number of rotatable bonds is 1. The summed E-state index contributed by atoms with van der Waals surface area (Å²) in [6, 6.07) is 0. The van der Waals surface area contributed by atoms with Crippen LogP contribution in [0.1, 0.15) is 11.1 Å². The van der Waals surface area contributed by atoms with Crippen LogP contribution >= 0.6 is 34.2 Å². The molecule has 72 valence electrons. The van der Waals surface area contributed by atoms with Crippen LogP contribution in [-0.2, 0) is 0 Å². The van der Waals surface area contributed by atoms with Gasteiger partial charge in [0.1, 0.15) is 0 Å². The number of phenols is 1. The van der Waals surface area contributed by atoms with Crippen LogP contribution in [0.5, 0.6) is 11.5 Å². The number of hydrogen-bond acceptors (Lipinski definition) is 2. The van der Waals surface area contributed by atoms with Crippen molar-refractivity contribution >= 4 is 34.2 Å². The van der Waals surface area contributed by atoms with E-state index in [1.165, 1.54) is 7.11 Å². The molecule has 0 aliphatic carbocycles. The molecule has 2 nitrogen and oxygen atoms in total. The smallest absolute Gasteiger partial charge is 0.173 e. The molecular formula is C9H10ClIO2. The van der Waals surface area contributed by atoms with Gasteiger partial charge in [0.05, 0.1) is 15.7 Å². The lowest BCUT2D eigenvalue weighted by Crippen LogP contribution is -1.94. The predicted molar refractivity (Wildman–Crippen MR) is 61.9 cm³/mol. The van der Waals surface area contributed by atoms with Crippen LogP contribution in [0.25, 0.3) is 0 Å². The van der Waals surface area contributed by atoms with Crippen LogP contribution < -0.4 is 4.74 Å². The molecular weight excluding hydrogens is 302 g/mol. The summed E-state index contributed by atoms with van der Waals surface area (Å²) in [5, 5.41) is 10.3. The second kappa shape index (κ2) is 3.92. The van der Waals surface area contributed by atoms with E-state index in [1.54, 1.807) is 0 Å². The zero-order chi connectivity index (χ0) is 10.2. The first-order valence-electron chi connectivity index (χ1n) is 3.71. The summed E-state index contributed by atoms with van der Waals surface area (Å²) in [5.74, 6) is 0.627. The zero-order valence-corrected chi connectivity index (χ0v) is 10.5. The van der Waals surface area contributed by atoms with Crippen molar-refractivity contribution in [2.24, 2.45) is 0 Å². The fourth-order valence-electron chi connectivity index (χ4n) is 1.13. The van der Waals surface area contributed by atoms with Crippen molar-refractivity contribution < 1.29 is 9.84 Å². The molecule has 0 saturated heterocycles. The Hall–Kier alpha value is -0.160. The van der Waals surface area contributed by atoms with E-state index < -0.39 is 0 Å². The summed E-state index contributed by atoms with van der Waals surface area (Å²) in [4.78, 5) is 0. The second-order valence-corrected chi connectivity index (χ2v) is 4.22. The van der Waals surface area contributed by atoms with Crippen molar-refractivity contribution in [3.05, 3.63) is 19.7 Å². The fourth-order valence-corrected chi connectivity index (χ4v) is 2.01. The van der Waals surface area contributed by atoms with Gasteiger partial charge >= 0.3 is 0 Å². The average Bonchev–Trinajstić information content (AvgIpc) is 2.13. The van der Waals surface area contributed by atoms with E-state index in [9.17, 15) is 5.11 Å². The molecule has 0 heterocycles. The maximum Gasteiger partial charge on any atom is 0.173 e. The van der Waals surface area contributed by atoms with E-state index >= 15 is 0 Å². The first-order valence-corrected chi connectivity index (χ1v) is 5.17. The Morgan fingerprint density at radius 2 is 1.85 bits per heavy atom. The molecule has 1 aromatic rings. The number of benzene rings is 1. The minimum atomic E-state index is 0.121. The maximum atomic E-state index is 9.67. The molecule has 0 spiro atoms. The fraction of sp³-hybridized carbons (Fsp3) is 0.333. The summed E-state index contributed by atoms with van der Waals surface area (Å²) >= 11 is 7.99. The molecule has 0 aliphatic rings.